The molecule has 0 fully saturated rings. The van der Waals surface area contributed by atoms with Crippen LogP contribution in [0, 0.1) is 6.92 Å². The molecule has 7 heteroatoms. The van der Waals surface area contributed by atoms with Gasteiger partial charge in [-0.15, -0.1) is 0 Å². The summed E-state index contributed by atoms with van der Waals surface area (Å²) in [6, 6.07) is 2.00. The predicted molar refractivity (Wildman–Crippen MR) is 53.2 cm³/mol. The minimum atomic E-state index is 0.0741. The smallest absolute Gasteiger partial charge is 0.322 e. The lowest BCUT2D eigenvalue weighted by Crippen LogP contribution is -2.05. The number of aromatic nitrogens is 5. The summed E-state index contributed by atoms with van der Waals surface area (Å²) in [4.78, 5) is 11.7. The summed E-state index contributed by atoms with van der Waals surface area (Å²) in [6.07, 6.45) is 1.74. The first kappa shape index (κ1) is 9.85. The van der Waals surface area contributed by atoms with Crippen LogP contribution in [-0.2, 0) is 0 Å². The highest BCUT2D eigenvalue weighted by Crippen LogP contribution is 2.10. The Hall–Kier alpha value is -1.69. The third-order valence-electron chi connectivity index (χ3n) is 1.69. The van der Waals surface area contributed by atoms with Crippen molar-refractivity contribution < 1.29 is 4.74 Å². The average molecular weight is 226 g/mol. The van der Waals surface area contributed by atoms with Crippen LogP contribution in [0.1, 0.15) is 5.69 Å². The van der Waals surface area contributed by atoms with E-state index < -0.39 is 0 Å². The van der Waals surface area contributed by atoms with E-state index in [4.69, 9.17) is 16.3 Å². The molecule has 78 valence electrons. The summed E-state index contributed by atoms with van der Waals surface area (Å²) >= 11 is 5.70. The van der Waals surface area contributed by atoms with Gasteiger partial charge in [-0.2, -0.15) is 20.1 Å². The fourth-order valence-electron chi connectivity index (χ4n) is 1.04. The summed E-state index contributed by atoms with van der Waals surface area (Å²) in [5.74, 6) is 0.333. The Kier molecular flexibility index (Phi) is 2.51. The second-order valence-corrected chi connectivity index (χ2v) is 3.13. The van der Waals surface area contributed by atoms with Crippen LogP contribution < -0.4 is 4.74 Å². The van der Waals surface area contributed by atoms with E-state index in [1.54, 1.807) is 6.20 Å². The number of methoxy groups -OCH3 is 1. The summed E-state index contributed by atoms with van der Waals surface area (Å²) in [5.41, 5.74) is 0.866. The molecule has 0 bridgehead atoms. The maximum atomic E-state index is 5.70. The van der Waals surface area contributed by atoms with Crippen LogP contribution >= 0.6 is 11.6 Å². The molecular formula is C8H8ClN5O. The Morgan fingerprint density at radius 1 is 1.33 bits per heavy atom. The van der Waals surface area contributed by atoms with Gasteiger partial charge in [0.05, 0.1) is 12.8 Å². The molecule has 0 unspecified atom stereocenters. The Bertz CT molecular complexity index is 484. The second-order valence-electron chi connectivity index (χ2n) is 2.79. The number of hydrogen-bond donors (Lipinski definition) is 0. The van der Waals surface area contributed by atoms with E-state index >= 15 is 0 Å². The van der Waals surface area contributed by atoms with Gasteiger partial charge < -0.3 is 4.74 Å². The maximum absolute atomic E-state index is 5.70. The summed E-state index contributed by atoms with van der Waals surface area (Å²) in [5, 5.41) is 4.22. The fourth-order valence-corrected chi connectivity index (χ4v) is 1.19. The minimum absolute atomic E-state index is 0.0741. The molecule has 2 heterocycles. The molecule has 6 nitrogen and oxygen atoms in total. The van der Waals surface area contributed by atoms with Gasteiger partial charge >= 0.3 is 6.01 Å². The lowest BCUT2D eigenvalue weighted by Gasteiger charge is -2.01. The normalized spacial score (nSPS) is 10.3. The summed E-state index contributed by atoms with van der Waals surface area (Å²) < 4.78 is 6.38. The number of ether oxygens (including phenoxy) is 1. The molecule has 0 amide bonds. The molecule has 0 aliphatic heterocycles. The first-order valence-corrected chi connectivity index (χ1v) is 4.55. The Labute approximate surface area is 90.9 Å². The van der Waals surface area contributed by atoms with Gasteiger partial charge in [-0.1, -0.05) is 0 Å². The van der Waals surface area contributed by atoms with Crippen molar-refractivity contribution in [1.29, 1.82) is 0 Å². The van der Waals surface area contributed by atoms with Gasteiger partial charge in [0.1, 0.15) is 0 Å². The van der Waals surface area contributed by atoms with Gasteiger partial charge in [-0.3, -0.25) is 0 Å². The van der Waals surface area contributed by atoms with E-state index in [0.717, 1.165) is 5.69 Å². The zero-order chi connectivity index (χ0) is 10.8. The molecule has 0 saturated heterocycles. The van der Waals surface area contributed by atoms with Gasteiger partial charge in [0.2, 0.25) is 5.28 Å². The van der Waals surface area contributed by atoms with Crippen molar-refractivity contribution in [2.45, 2.75) is 6.92 Å². The van der Waals surface area contributed by atoms with Crippen LogP contribution in [0.5, 0.6) is 6.01 Å². The highest BCUT2D eigenvalue weighted by molar-refractivity contribution is 6.28. The van der Waals surface area contributed by atoms with Gasteiger partial charge in [0, 0.05) is 6.20 Å². The Balaban J connectivity index is 2.48. The maximum Gasteiger partial charge on any atom is 0.322 e. The van der Waals surface area contributed by atoms with Crippen LogP contribution in [0.25, 0.3) is 5.95 Å². The number of halogens is 1. The van der Waals surface area contributed by atoms with Crippen molar-refractivity contribution in [2.24, 2.45) is 0 Å². The van der Waals surface area contributed by atoms with E-state index in [2.05, 4.69) is 20.1 Å². The summed E-state index contributed by atoms with van der Waals surface area (Å²) in [6.45, 7) is 1.87. The zero-order valence-electron chi connectivity index (χ0n) is 8.18. The SMILES string of the molecule is COc1nc(Cl)nc(-n2ccc(C)n2)n1. The quantitative estimate of drug-likeness (QED) is 0.764. The number of aryl methyl sites for hydroxylation is 1. The molecule has 15 heavy (non-hydrogen) atoms. The predicted octanol–water partition coefficient (Wildman–Crippen LogP) is 1.03. The molecule has 2 aromatic heterocycles. The highest BCUT2D eigenvalue weighted by atomic mass is 35.5. The molecule has 0 radical (unpaired) electrons. The van der Waals surface area contributed by atoms with Crippen LogP contribution in [-0.4, -0.2) is 31.8 Å². The van der Waals surface area contributed by atoms with Crippen molar-refractivity contribution in [3.63, 3.8) is 0 Å². The van der Waals surface area contributed by atoms with Crippen LogP contribution in [0.4, 0.5) is 0 Å². The molecule has 0 atom stereocenters. The van der Waals surface area contributed by atoms with E-state index in [1.165, 1.54) is 11.8 Å². The molecule has 2 aromatic rings. The summed E-state index contributed by atoms with van der Waals surface area (Å²) in [7, 11) is 1.46. The van der Waals surface area contributed by atoms with Crippen LogP contribution in [0.15, 0.2) is 12.3 Å². The first-order chi connectivity index (χ1) is 7.19. The average Bonchev–Trinajstić information content (AvgIpc) is 2.64. The molecular weight excluding hydrogens is 218 g/mol. The molecule has 0 spiro atoms. The third-order valence-corrected chi connectivity index (χ3v) is 1.85. The monoisotopic (exact) mass is 225 g/mol. The van der Waals surface area contributed by atoms with Crippen LogP contribution in [0.3, 0.4) is 0 Å². The third kappa shape index (κ3) is 2.04. The van der Waals surface area contributed by atoms with Gasteiger partial charge in [0.15, 0.2) is 0 Å². The van der Waals surface area contributed by atoms with Crippen molar-refractivity contribution in [1.82, 2.24) is 24.7 Å². The largest absolute Gasteiger partial charge is 0.467 e. The van der Waals surface area contributed by atoms with Crippen molar-refractivity contribution in [2.75, 3.05) is 7.11 Å². The highest BCUT2D eigenvalue weighted by Gasteiger charge is 2.07. The van der Waals surface area contributed by atoms with Crippen LogP contribution in [0.2, 0.25) is 5.28 Å². The minimum Gasteiger partial charge on any atom is -0.467 e. The van der Waals surface area contributed by atoms with E-state index in [1.807, 2.05) is 13.0 Å². The molecule has 0 aliphatic rings. The number of hydrogen-bond acceptors (Lipinski definition) is 5. The topological polar surface area (TPSA) is 65.7 Å². The molecule has 0 aromatic carbocycles. The van der Waals surface area contributed by atoms with E-state index in [9.17, 15) is 0 Å². The number of rotatable bonds is 2. The van der Waals surface area contributed by atoms with Gasteiger partial charge in [-0.05, 0) is 24.6 Å². The standard InChI is InChI=1S/C8H8ClN5O/c1-5-3-4-14(13-5)7-10-6(9)11-8(12-7)15-2/h3-4H,1-2H3. The Morgan fingerprint density at radius 2 is 2.13 bits per heavy atom. The molecule has 0 saturated carbocycles. The first-order valence-electron chi connectivity index (χ1n) is 4.17. The molecule has 2 rings (SSSR count). The second kappa shape index (κ2) is 3.82. The fraction of sp³-hybridized carbons (Fsp3) is 0.250. The number of nitrogens with zero attached hydrogens (tertiary/aromatic N) is 5. The van der Waals surface area contributed by atoms with E-state index in [0.29, 0.717) is 5.95 Å². The van der Waals surface area contributed by atoms with E-state index in [-0.39, 0.29) is 11.3 Å². The van der Waals surface area contributed by atoms with Crippen molar-refractivity contribution >= 4 is 11.6 Å². The lowest BCUT2D eigenvalue weighted by atomic mass is 10.5. The van der Waals surface area contributed by atoms with Gasteiger partial charge in [0.25, 0.3) is 5.95 Å². The van der Waals surface area contributed by atoms with Crippen molar-refractivity contribution in [3.05, 3.63) is 23.2 Å². The Morgan fingerprint density at radius 3 is 2.73 bits per heavy atom. The van der Waals surface area contributed by atoms with Gasteiger partial charge in [-0.25, -0.2) is 4.68 Å². The van der Waals surface area contributed by atoms with Crippen molar-refractivity contribution in [3.8, 4) is 12.0 Å². The molecule has 0 aliphatic carbocycles. The lowest BCUT2D eigenvalue weighted by molar-refractivity contribution is 0.376. The zero-order valence-corrected chi connectivity index (χ0v) is 8.93. The molecule has 0 N–H and O–H groups in total.